The van der Waals surface area contributed by atoms with Crippen LogP contribution in [0.4, 0.5) is 4.79 Å². The summed E-state index contributed by atoms with van der Waals surface area (Å²) < 4.78 is 10.6. The third-order valence-electron chi connectivity index (χ3n) is 3.72. The van der Waals surface area contributed by atoms with E-state index in [-0.39, 0.29) is 36.4 Å². The summed E-state index contributed by atoms with van der Waals surface area (Å²) in [5.41, 5.74) is 0. The lowest BCUT2D eigenvalue weighted by Gasteiger charge is -2.36. The van der Waals surface area contributed by atoms with E-state index >= 15 is 0 Å². The molecule has 1 amide bonds. The Bertz CT molecular complexity index is 347. The smallest absolute Gasteiger partial charge is 0.410 e. The van der Waals surface area contributed by atoms with Crippen LogP contribution in [0.3, 0.4) is 0 Å². The molecule has 3 aliphatic heterocycles. The number of ether oxygens (including phenoxy) is 2. The fourth-order valence-corrected chi connectivity index (χ4v) is 3.04. The van der Waals surface area contributed by atoms with Gasteiger partial charge in [-0.25, -0.2) is 11.4 Å². The minimum Gasteiger partial charge on any atom is -0.450 e. The fourth-order valence-electron chi connectivity index (χ4n) is 3.04. The van der Waals surface area contributed by atoms with Crippen LogP contribution >= 0.6 is 0 Å². The molecule has 3 aliphatic rings. The van der Waals surface area contributed by atoms with Gasteiger partial charge in [0.1, 0.15) is 12.2 Å². The molecule has 0 spiro atoms. The topological polar surface area (TPSA) is 46.4 Å². The lowest BCUT2D eigenvalue weighted by molar-refractivity contribution is 0.0316. The van der Waals surface area contributed by atoms with Crippen molar-refractivity contribution in [2.24, 2.45) is 0 Å². The molecule has 0 aromatic heterocycles. The molecule has 5 nitrogen and oxygen atoms in total. The Morgan fingerprint density at radius 3 is 2.62 bits per heavy atom. The van der Waals surface area contributed by atoms with Gasteiger partial charge in [-0.05, 0) is 6.92 Å². The molecular weight excluding hydrogens is 208 g/mol. The van der Waals surface area contributed by atoms with Crippen LogP contribution in [0.5, 0.6) is 0 Å². The Morgan fingerprint density at radius 1 is 1.50 bits per heavy atom. The number of epoxide rings is 1. The van der Waals surface area contributed by atoms with Gasteiger partial charge in [0.05, 0.1) is 18.7 Å². The standard InChI is InChI=1S/C11H14N2O3/c1-3-15-11(14)13-7-4-6(12-2)5-8(13)10-9(7)16-10/h6-10H,3-5H2,1H3/t6?,7?,8?,9-,10+. The van der Waals surface area contributed by atoms with Crippen LogP contribution in [0.25, 0.3) is 4.85 Å². The lowest BCUT2D eigenvalue weighted by atomic mass is 9.97. The summed E-state index contributed by atoms with van der Waals surface area (Å²) in [5.74, 6) is 0. The number of morpholine rings is 1. The second-order valence-corrected chi connectivity index (χ2v) is 4.56. The molecule has 0 saturated carbocycles. The molecule has 0 aromatic rings. The average molecular weight is 222 g/mol. The molecule has 3 unspecified atom stereocenters. The second kappa shape index (κ2) is 3.36. The highest BCUT2D eigenvalue weighted by Gasteiger charge is 2.66. The first-order valence-electron chi connectivity index (χ1n) is 5.73. The molecule has 0 aliphatic carbocycles. The average Bonchev–Trinajstić information content (AvgIpc) is 3.03. The van der Waals surface area contributed by atoms with Crippen molar-refractivity contribution in [1.29, 1.82) is 0 Å². The van der Waals surface area contributed by atoms with Crippen LogP contribution in [0.1, 0.15) is 19.8 Å². The highest BCUT2D eigenvalue weighted by atomic mass is 16.6. The minimum atomic E-state index is -0.239. The van der Waals surface area contributed by atoms with Crippen molar-refractivity contribution in [3.05, 3.63) is 11.4 Å². The molecule has 3 heterocycles. The summed E-state index contributed by atoms with van der Waals surface area (Å²) in [4.78, 5) is 17.2. The molecule has 5 atom stereocenters. The first-order chi connectivity index (χ1) is 7.76. The van der Waals surface area contributed by atoms with Gasteiger partial charge in [-0.3, -0.25) is 4.90 Å². The van der Waals surface area contributed by atoms with Crippen LogP contribution < -0.4 is 0 Å². The van der Waals surface area contributed by atoms with Gasteiger partial charge in [-0.1, -0.05) is 0 Å². The maximum absolute atomic E-state index is 11.8. The van der Waals surface area contributed by atoms with Crippen molar-refractivity contribution < 1.29 is 14.3 Å². The molecule has 0 aromatic carbocycles. The van der Waals surface area contributed by atoms with Gasteiger partial charge >= 0.3 is 6.09 Å². The third-order valence-corrected chi connectivity index (χ3v) is 3.72. The zero-order valence-electron chi connectivity index (χ0n) is 9.13. The third kappa shape index (κ3) is 1.23. The molecule has 5 heteroatoms. The van der Waals surface area contributed by atoms with E-state index in [1.807, 2.05) is 11.8 Å². The molecular formula is C11H14N2O3. The van der Waals surface area contributed by atoms with Crippen LogP contribution in [0.15, 0.2) is 0 Å². The van der Waals surface area contributed by atoms with Gasteiger partial charge in [0.15, 0.2) is 0 Å². The SMILES string of the molecule is [C-]#[N+]C1CC2[C@H]3O[C@H]3C(C1)N2C(=O)OCC. The summed E-state index contributed by atoms with van der Waals surface area (Å²) in [6.45, 7) is 9.30. The molecule has 3 rings (SSSR count). The van der Waals surface area contributed by atoms with Crippen LogP contribution in [0, 0.1) is 6.57 Å². The van der Waals surface area contributed by atoms with E-state index < -0.39 is 0 Å². The number of nitrogens with zero attached hydrogens (tertiary/aromatic N) is 2. The van der Waals surface area contributed by atoms with E-state index in [4.69, 9.17) is 16.0 Å². The van der Waals surface area contributed by atoms with Crippen LogP contribution in [0.2, 0.25) is 0 Å². The highest BCUT2D eigenvalue weighted by Crippen LogP contribution is 2.49. The van der Waals surface area contributed by atoms with E-state index in [0.29, 0.717) is 6.61 Å². The molecule has 16 heavy (non-hydrogen) atoms. The summed E-state index contributed by atoms with van der Waals surface area (Å²) in [6, 6.07) is 0.195. The Kier molecular flexibility index (Phi) is 2.08. The molecule has 2 bridgehead atoms. The van der Waals surface area contributed by atoms with E-state index in [1.165, 1.54) is 0 Å². The lowest BCUT2D eigenvalue weighted by Crippen LogP contribution is -2.51. The first-order valence-corrected chi connectivity index (χ1v) is 5.73. The number of hydrogen-bond donors (Lipinski definition) is 0. The monoisotopic (exact) mass is 222 g/mol. The van der Waals surface area contributed by atoms with Gasteiger partial charge in [-0.2, -0.15) is 0 Å². The number of amides is 1. The van der Waals surface area contributed by atoms with Gasteiger partial charge in [-0.15, -0.1) is 0 Å². The van der Waals surface area contributed by atoms with Gasteiger partial charge in [0.25, 0.3) is 0 Å². The normalized spacial score (nSPS) is 43.5. The molecule has 3 saturated heterocycles. The maximum atomic E-state index is 11.8. The molecule has 3 fully saturated rings. The van der Waals surface area contributed by atoms with Gasteiger partial charge in [0, 0.05) is 12.8 Å². The zero-order valence-corrected chi connectivity index (χ0v) is 9.13. The Hall–Kier alpha value is -1.28. The molecule has 86 valence electrons. The minimum absolute atomic E-state index is 0.0528. The quantitative estimate of drug-likeness (QED) is 0.492. The second-order valence-electron chi connectivity index (χ2n) is 4.56. The number of piperidine rings is 1. The van der Waals surface area contributed by atoms with Crippen molar-refractivity contribution in [2.75, 3.05) is 6.61 Å². The number of fused-ring (bicyclic) bond motifs is 5. The van der Waals surface area contributed by atoms with Crippen LogP contribution in [-0.4, -0.2) is 47.9 Å². The van der Waals surface area contributed by atoms with Crippen molar-refractivity contribution in [2.45, 2.75) is 50.1 Å². The van der Waals surface area contributed by atoms with Crippen molar-refractivity contribution in [3.8, 4) is 0 Å². The van der Waals surface area contributed by atoms with Crippen molar-refractivity contribution in [1.82, 2.24) is 4.90 Å². The molecule has 0 radical (unpaired) electrons. The molecule has 0 N–H and O–H groups in total. The van der Waals surface area contributed by atoms with E-state index in [1.54, 1.807) is 0 Å². The predicted molar refractivity (Wildman–Crippen MR) is 54.7 cm³/mol. The van der Waals surface area contributed by atoms with E-state index in [9.17, 15) is 4.79 Å². The number of hydrogen-bond acceptors (Lipinski definition) is 3. The van der Waals surface area contributed by atoms with Crippen LogP contribution in [-0.2, 0) is 9.47 Å². The maximum Gasteiger partial charge on any atom is 0.410 e. The number of carbonyl (C=O) groups excluding carboxylic acids is 1. The Morgan fingerprint density at radius 2 is 2.12 bits per heavy atom. The Labute approximate surface area is 94.1 Å². The van der Waals surface area contributed by atoms with Gasteiger partial charge in [0.2, 0.25) is 6.04 Å². The van der Waals surface area contributed by atoms with Crippen molar-refractivity contribution in [3.63, 3.8) is 0 Å². The highest BCUT2D eigenvalue weighted by molar-refractivity contribution is 5.70. The number of rotatable bonds is 1. The van der Waals surface area contributed by atoms with Crippen molar-refractivity contribution >= 4 is 6.09 Å². The zero-order chi connectivity index (χ0) is 11.3. The van der Waals surface area contributed by atoms with E-state index in [2.05, 4.69) is 4.85 Å². The summed E-state index contributed by atoms with van der Waals surface area (Å²) in [6.07, 6.45) is 1.57. The van der Waals surface area contributed by atoms with Gasteiger partial charge < -0.3 is 14.3 Å². The number of carbonyl (C=O) groups is 1. The Balaban J connectivity index is 1.79. The summed E-state index contributed by atoms with van der Waals surface area (Å²) in [5, 5.41) is 0. The summed E-state index contributed by atoms with van der Waals surface area (Å²) >= 11 is 0. The predicted octanol–water partition coefficient (Wildman–Crippen LogP) is 1.04. The summed E-state index contributed by atoms with van der Waals surface area (Å²) in [7, 11) is 0. The first kappa shape index (κ1) is 9.91. The fraction of sp³-hybridized carbons (Fsp3) is 0.818. The van der Waals surface area contributed by atoms with E-state index in [0.717, 1.165) is 12.8 Å². The largest absolute Gasteiger partial charge is 0.450 e.